The average Bonchev–Trinajstić information content (AvgIpc) is 2.47. The molecule has 1 fully saturated rings. The molecule has 0 unspecified atom stereocenters. The summed E-state index contributed by atoms with van der Waals surface area (Å²) >= 11 is 6.01. The van der Waals surface area contributed by atoms with Crippen LogP contribution in [0.1, 0.15) is 24.4 Å². The fourth-order valence-corrected chi connectivity index (χ4v) is 2.91. The van der Waals surface area contributed by atoms with Crippen LogP contribution in [0.4, 0.5) is 8.78 Å². The monoisotopic (exact) mass is 372 g/mol. The van der Waals surface area contributed by atoms with Crippen molar-refractivity contribution in [2.45, 2.75) is 18.9 Å². The second kappa shape index (κ2) is 10.4. The lowest BCUT2D eigenvalue weighted by Gasteiger charge is -2.35. The first kappa shape index (κ1) is 21.6. The molecular formula is C15H21Cl3F2N2. The molecule has 2 nitrogen and oxygen atoms in total. The van der Waals surface area contributed by atoms with Crippen molar-refractivity contribution in [1.29, 1.82) is 0 Å². The number of nitrogens with one attached hydrogen (secondary N) is 1. The highest BCUT2D eigenvalue weighted by atomic mass is 35.5. The molecule has 0 radical (unpaired) electrons. The van der Waals surface area contributed by atoms with E-state index in [-0.39, 0.29) is 41.4 Å². The fourth-order valence-electron chi connectivity index (χ4n) is 2.63. The third-order valence-electron chi connectivity index (χ3n) is 3.65. The van der Waals surface area contributed by atoms with Crippen LogP contribution in [0.25, 0.3) is 0 Å². The van der Waals surface area contributed by atoms with Gasteiger partial charge in [0.05, 0.1) is 5.02 Å². The van der Waals surface area contributed by atoms with Gasteiger partial charge >= 0.3 is 0 Å². The quantitative estimate of drug-likeness (QED) is 0.609. The predicted octanol–water partition coefficient (Wildman–Crippen LogP) is 4.37. The highest BCUT2D eigenvalue weighted by Gasteiger charge is 2.27. The van der Waals surface area contributed by atoms with Gasteiger partial charge in [-0.15, -0.1) is 31.4 Å². The van der Waals surface area contributed by atoms with Crippen LogP contribution >= 0.6 is 36.4 Å². The number of rotatable bonds is 5. The second-order valence-electron chi connectivity index (χ2n) is 4.92. The summed E-state index contributed by atoms with van der Waals surface area (Å²) in [7, 11) is 0. The van der Waals surface area contributed by atoms with Gasteiger partial charge < -0.3 is 5.32 Å². The predicted molar refractivity (Wildman–Crippen MR) is 92.5 cm³/mol. The molecule has 22 heavy (non-hydrogen) atoms. The largest absolute Gasteiger partial charge is 0.314 e. The summed E-state index contributed by atoms with van der Waals surface area (Å²) in [6.45, 7) is 6.99. The molecule has 0 saturated carbocycles. The molecule has 0 bridgehead atoms. The maximum Gasteiger partial charge on any atom is 0.142 e. The van der Waals surface area contributed by atoms with Crippen LogP contribution in [0.2, 0.25) is 5.02 Å². The SMILES string of the molecule is C=CCC[C@@H](c1c(F)ccc(F)c1Cl)N1CCNCC1.Cl.Cl. The van der Waals surface area contributed by atoms with E-state index in [9.17, 15) is 8.78 Å². The third kappa shape index (κ3) is 5.07. The molecule has 1 aliphatic rings. The van der Waals surface area contributed by atoms with E-state index in [2.05, 4.69) is 16.8 Å². The lowest BCUT2D eigenvalue weighted by atomic mass is 9.98. The van der Waals surface area contributed by atoms with Crippen molar-refractivity contribution >= 4 is 36.4 Å². The Kier molecular flexibility index (Phi) is 10.2. The van der Waals surface area contributed by atoms with Crippen LogP contribution < -0.4 is 5.32 Å². The van der Waals surface area contributed by atoms with Crippen molar-refractivity contribution in [3.05, 3.63) is 47.0 Å². The Hall–Kier alpha value is -0.390. The van der Waals surface area contributed by atoms with Crippen LogP contribution in [0.5, 0.6) is 0 Å². The van der Waals surface area contributed by atoms with Crippen molar-refractivity contribution in [2.24, 2.45) is 0 Å². The molecule has 1 heterocycles. The smallest absolute Gasteiger partial charge is 0.142 e. The van der Waals surface area contributed by atoms with Gasteiger partial charge in [0, 0.05) is 37.8 Å². The Labute approximate surface area is 147 Å². The van der Waals surface area contributed by atoms with Gasteiger partial charge in [0.1, 0.15) is 11.6 Å². The van der Waals surface area contributed by atoms with Crippen molar-refractivity contribution in [2.75, 3.05) is 26.2 Å². The van der Waals surface area contributed by atoms with Crippen LogP contribution in [0.3, 0.4) is 0 Å². The van der Waals surface area contributed by atoms with Gasteiger partial charge in [-0.2, -0.15) is 0 Å². The first-order chi connectivity index (χ1) is 9.65. The Balaban J connectivity index is 0.00000220. The summed E-state index contributed by atoms with van der Waals surface area (Å²) in [5.41, 5.74) is 0.274. The first-order valence-corrected chi connectivity index (χ1v) is 7.22. The number of hydrogen-bond acceptors (Lipinski definition) is 2. The Morgan fingerprint density at radius 2 is 1.82 bits per heavy atom. The van der Waals surface area contributed by atoms with Crippen molar-refractivity contribution in [3.63, 3.8) is 0 Å². The van der Waals surface area contributed by atoms with Gasteiger partial charge in [0.2, 0.25) is 0 Å². The zero-order chi connectivity index (χ0) is 14.5. The minimum absolute atomic E-state index is 0. The Morgan fingerprint density at radius 3 is 2.41 bits per heavy atom. The van der Waals surface area contributed by atoms with Crippen LogP contribution in [0.15, 0.2) is 24.8 Å². The van der Waals surface area contributed by atoms with E-state index in [1.807, 2.05) is 0 Å². The zero-order valence-corrected chi connectivity index (χ0v) is 14.5. The van der Waals surface area contributed by atoms with Crippen molar-refractivity contribution in [1.82, 2.24) is 10.2 Å². The summed E-state index contributed by atoms with van der Waals surface area (Å²) < 4.78 is 27.8. The Morgan fingerprint density at radius 1 is 1.23 bits per heavy atom. The molecule has 1 atom stereocenters. The number of nitrogens with zero attached hydrogens (tertiary/aromatic N) is 1. The van der Waals surface area contributed by atoms with Gasteiger partial charge in [-0.05, 0) is 25.0 Å². The summed E-state index contributed by atoms with van der Waals surface area (Å²) in [4.78, 5) is 2.16. The van der Waals surface area contributed by atoms with Crippen LogP contribution in [-0.4, -0.2) is 31.1 Å². The molecule has 1 aromatic carbocycles. The van der Waals surface area contributed by atoms with Crippen LogP contribution in [0, 0.1) is 11.6 Å². The van der Waals surface area contributed by atoms with Crippen LogP contribution in [-0.2, 0) is 0 Å². The van der Waals surface area contributed by atoms with Gasteiger partial charge in [0.15, 0.2) is 0 Å². The van der Waals surface area contributed by atoms with Gasteiger partial charge in [-0.3, -0.25) is 4.90 Å². The summed E-state index contributed by atoms with van der Waals surface area (Å²) in [5.74, 6) is -1.01. The maximum absolute atomic E-state index is 14.1. The molecular weight excluding hydrogens is 353 g/mol. The molecule has 1 aliphatic heterocycles. The normalized spacial score (nSPS) is 16.3. The van der Waals surface area contributed by atoms with Gasteiger partial charge in [-0.25, -0.2) is 8.78 Å². The topological polar surface area (TPSA) is 15.3 Å². The number of halogens is 5. The van der Waals surface area contributed by atoms with E-state index in [4.69, 9.17) is 11.6 Å². The van der Waals surface area contributed by atoms with E-state index >= 15 is 0 Å². The van der Waals surface area contributed by atoms with E-state index in [1.165, 1.54) is 0 Å². The van der Waals surface area contributed by atoms with E-state index in [1.54, 1.807) is 6.08 Å². The number of allylic oxidation sites excluding steroid dienone is 1. The molecule has 0 amide bonds. The molecule has 1 aromatic rings. The first-order valence-electron chi connectivity index (χ1n) is 6.84. The minimum Gasteiger partial charge on any atom is -0.314 e. The molecule has 1 saturated heterocycles. The molecule has 7 heteroatoms. The maximum atomic E-state index is 14.1. The molecule has 0 aromatic heterocycles. The molecule has 2 rings (SSSR count). The average molecular weight is 374 g/mol. The molecule has 126 valence electrons. The van der Waals surface area contributed by atoms with Gasteiger partial charge in [0.25, 0.3) is 0 Å². The summed E-state index contributed by atoms with van der Waals surface area (Å²) in [6, 6.07) is 2.02. The minimum atomic E-state index is -0.568. The van der Waals surface area contributed by atoms with E-state index < -0.39 is 11.6 Å². The third-order valence-corrected chi connectivity index (χ3v) is 4.03. The summed E-state index contributed by atoms with van der Waals surface area (Å²) in [6.07, 6.45) is 3.21. The van der Waals surface area contributed by atoms with Crippen molar-refractivity contribution < 1.29 is 8.78 Å². The Bertz CT molecular complexity index is 480. The number of hydrogen-bond donors (Lipinski definition) is 1. The number of benzene rings is 1. The van der Waals surface area contributed by atoms with E-state index in [0.717, 1.165) is 44.7 Å². The fraction of sp³-hybridized carbons (Fsp3) is 0.467. The number of piperazine rings is 1. The molecule has 1 N–H and O–H groups in total. The highest BCUT2D eigenvalue weighted by Crippen LogP contribution is 2.35. The molecule has 0 aliphatic carbocycles. The summed E-state index contributed by atoms with van der Waals surface area (Å²) in [5, 5.41) is 3.16. The highest BCUT2D eigenvalue weighted by molar-refractivity contribution is 6.31. The second-order valence-corrected chi connectivity index (χ2v) is 5.30. The lowest BCUT2D eigenvalue weighted by Crippen LogP contribution is -2.45. The van der Waals surface area contributed by atoms with Crippen molar-refractivity contribution in [3.8, 4) is 0 Å². The van der Waals surface area contributed by atoms with E-state index in [0.29, 0.717) is 6.42 Å². The lowest BCUT2D eigenvalue weighted by molar-refractivity contribution is 0.163. The van der Waals surface area contributed by atoms with Gasteiger partial charge in [-0.1, -0.05) is 17.7 Å². The molecule has 0 spiro atoms. The zero-order valence-electron chi connectivity index (χ0n) is 12.2. The standard InChI is InChI=1S/C15H19ClF2N2.2ClH/c1-2-3-4-13(20-9-7-19-8-10-20)14-11(17)5-6-12(18)15(14)16;;/h2,5-6,13,19H,1,3-4,7-10H2;2*1H/t13-;;/m0../s1.